The largest absolute Gasteiger partial charge is 0.449 e. The fourth-order valence-corrected chi connectivity index (χ4v) is 4.48. The van der Waals surface area contributed by atoms with Gasteiger partial charge in [0.05, 0.1) is 17.0 Å². The molecule has 2 aromatic rings. The summed E-state index contributed by atoms with van der Waals surface area (Å²) in [4.78, 5) is 19.6. The quantitative estimate of drug-likeness (QED) is 0.899. The van der Waals surface area contributed by atoms with Gasteiger partial charge in [-0.25, -0.2) is 14.2 Å². The monoisotopic (exact) mass is 361 g/mol. The van der Waals surface area contributed by atoms with Crippen molar-refractivity contribution in [1.82, 2.24) is 9.88 Å². The zero-order valence-corrected chi connectivity index (χ0v) is 14.6. The van der Waals surface area contributed by atoms with Crippen molar-refractivity contribution in [3.05, 3.63) is 35.6 Å². The highest BCUT2D eigenvalue weighted by Crippen LogP contribution is 2.33. The molecule has 0 spiro atoms. The molecule has 0 radical (unpaired) electrons. The molecule has 2 bridgehead atoms. The Bertz CT molecular complexity index is 741. The number of thiazole rings is 1. The molecule has 7 heteroatoms. The minimum atomic E-state index is -0.481. The number of halogens is 1. The van der Waals surface area contributed by atoms with Crippen molar-refractivity contribution < 1.29 is 13.9 Å². The van der Waals surface area contributed by atoms with E-state index in [1.807, 2.05) is 0 Å². The normalized spacial score (nSPS) is 24.9. The number of aromatic nitrogens is 1. The molecule has 1 aromatic carbocycles. The summed E-state index contributed by atoms with van der Waals surface area (Å²) in [5.74, 6) is 1.27. The highest BCUT2D eigenvalue weighted by Gasteiger charge is 2.34. The molecule has 1 atom stereocenters. The van der Waals surface area contributed by atoms with Crippen molar-refractivity contribution in [2.24, 2.45) is 11.8 Å². The van der Waals surface area contributed by atoms with Crippen LogP contribution in [0.25, 0.3) is 10.4 Å². The lowest BCUT2D eigenvalue weighted by Crippen LogP contribution is -2.49. The minimum absolute atomic E-state index is 0.292. The first kappa shape index (κ1) is 16.5. The van der Waals surface area contributed by atoms with Crippen LogP contribution in [0, 0.1) is 17.7 Å². The molecule has 25 heavy (non-hydrogen) atoms. The summed E-state index contributed by atoms with van der Waals surface area (Å²) in [6.45, 7) is 3.82. The lowest BCUT2D eigenvalue weighted by molar-refractivity contribution is 0.0151. The van der Waals surface area contributed by atoms with Crippen LogP contribution < -0.4 is 5.32 Å². The van der Waals surface area contributed by atoms with E-state index in [0.717, 1.165) is 17.0 Å². The first-order valence-corrected chi connectivity index (χ1v) is 9.42. The Kier molecular flexibility index (Phi) is 4.67. The zero-order chi connectivity index (χ0) is 17.2. The highest BCUT2D eigenvalue weighted by atomic mass is 32.1. The number of ether oxygens (including phenoxy) is 1. The lowest BCUT2D eigenvalue weighted by Gasteiger charge is -2.44. The number of nitrogens with zero attached hydrogens (tertiary/aromatic N) is 2. The van der Waals surface area contributed by atoms with Gasteiger partial charge in [0, 0.05) is 12.5 Å². The van der Waals surface area contributed by atoms with Crippen LogP contribution >= 0.6 is 11.3 Å². The van der Waals surface area contributed by atoms with Crippen molar-refractivity contribution in [2.45, 2.75) is 12.8 Å². The van der Waals surface area contributed by atoms with E-state index >= 15 is 0 Å². The van der Waals surface area contributed by atoms with Gasteiger partial charge in [-0.1, -0.05) is 12.1 Å². The van der Waals surface area contributed by atoms with E-state index in [2.05, 4.69) is 15.2 Å². The molecule has 3 fully saturated rings. The third kappa shape index (κ3) is 3.67. The molecule has 3 saturated heterocycles. The first-order valence-electron chi connectivity index (χ1n) is 8.54. The van der Waals surface area contributed by atoms with E-state index in [-0.39, 0.29) is 5.82 Å². The highest BCUT2D eigenvalue weighted by molar-refractivity contribution is 7.13. The number of hydrogen-bond acceptors (Lipinski definition) is 5. The van der Waals surface area contributed by atoms with Gasteiger partial charge in [0.15, 0.2) is 5.82 Å². The molecule has 132 valence electrons. The van der Waals surface area contributed by atoms with Crippen molar-refractivity contribution >= 4 is 23.2 Å². The van der Waals surface area contributed by atoms with Crippen LogP contribution in [0.3, 0.4) is 0 Å². The first-order chi connectivity index (χ1) is 12.2. The molecular weight excluding hydrogens is 341 g/mol. The second kappa shape index (κ2) is 7.09. The van der Waals surface area contributed by atoms with Gasteiger partial charge >= 0.3 is 6.09 Å². The van der Waals surface area contributed by atoms with E-state index in [9.17, 15) is 9.18 Å². The third-order valence-electron chi connectivity index (χ3n) is 5.11. The Morgan fingerprint density at radius 3 is 2.76 bits per heavy atom. The van der Waals surface area contributed by atoms with E-state index in [1.165, 1.54) is 49.4 Å². The number of carbonyl (C=O) groups excluding carboxylic acids is 1. The number of hydrogen-bond donors (Lipinski definition) is 1. The van der Waals surface area contributed by atoms with E-state index in [1.54, 1.807) is 17.6 Å². The number of nitrogens with one attached hydrogen (secondary N) is 1. The number of benzene rings is 1. The van der Waals surface area contributed by atoms with Gasteiger partial charge in [-0.05, 0) is 49.5 Å². The zero-order valence-electron chi connectivity index (χ0n) is 13.8. The van der Waals surface area contributed by atoms with Crippen LogP contribution in [0.15, 0.2) is 29.8 Å². The molecule has 5 rings (SSSR count). The predicted molar refractivity (Wildman–Crippen MR) is 95.1 cm³/mol. The van der Waals surface area contributed by atoms with Crippen molar-refractivity contribution in [1.29, 1.82) is 0 Å². The van der Waals surface area contributed by atoms with Crippen molar-refractivity contribution in [2.75, 3.05) is 31.6 Å². The minimum Gasteiger partial charge on any atom is -0.449 e. The molecule has 1 unspecified atom stereocenters. The Labute approximate surface area is 149 Å². The van der Waals surface area contributed by atoms with Gasteiger partial charge in [0.1, 0.15) is 5.82 Å². The van der Waals surface area contributed by atoms with Crippen LogP contribution in [0.1, 0.15) is 12.8 Å². The number of carbonyl (C=O) groups is 1. The average Bonchev–Trinajstić information content (AvgIpc) is 3.10. The summed E-state index contributed by atoms with van der Waals surface area (Å²) in [6, 6.07) is 6.13. The van der Waals surface area contributed by atoms with Gasteiger partial charge in [-0.2, -0.15) is 0 Å². The Morgan fingerprint density at radius 1 is 1.32 bits per heavy atom. The molecule has 5 nitrogen and oxygen atoms in total. The molecule has 0 aliphatic carbocycles. The smallest absolute Gasteiger partial charge is 0.412 e. The van der Waals surface area contributed by atoms with Crippen LogP contribution in [-0.2, 0) is 4.74 Å². The maximum absolute atomic E-state index is 13.1. The van der Waals surface area contributed by atoms with Crippen LogP contribution in [0.5, 0.6) is 0 Å². The molecule has 0 saturated carbocycles. The molecule has 1 amide bonds. The van der Waals surface area contributed by atoms with Gasteiger partial charge in [0.25, 0.3) is 0 Å². The second-order valence-corrected chi connectivity index (χ2v) is 7.51. The molecule has 1 N–H and O–H groups in total. The number of rotatable bonds is 4. The fraction of sp³-hybridized carbons (Fsp3) is 0.444. The predicted octanol–water partition coefficient (Wildman–Crippen LogP) is 3.84. The summed E-state index contributed by atoms with van der Waals surface area (Å²) in [6.07, 6.45) is 1.93. The molecule has 1 aromatic heterocycles. The number of anilines is 1. The number of fused-ring (bicyclic) bond motifs is 3. The maximum Gasteiger partial charge on any atom is 0.412 e. The van der Waals surface area contributed by atoms with Crippen LogP contribution in [0.2, 0.25) is 0 Å². The molecular formula is C18H20FN3O2S. The van der Waals surface area contributed by atoms with Gasteiger partial charge in [-0.15, -0.1) is 11.3 Å². The lowest BCUT2D eigenvalue weighted by atomic mass is 9.79. The SMILES string of the molecule is O=C(Nc1ncsc1-c1ccc(F)cc1)OCC1CN2CCC1CC2. The maximum atomic E-state index is 13.1. The van der Waals surface area contributed by atoms with Crippen LogP contribution in [-0.4, -0.2) is 42.2 Å². The topological polar surface area (TPSA) is 54.5 Å². The van der Waals surface area contributed by atoms with E-state index < -0.39 is 6.09 Å². The Morgan fingerprint density at radius 2 is 2.08 bits per heavy atom. The Balaban J connectivity index is 1.35. The molecule has 4 heterocycles. The van der Waals surface area contributed by atoms with Gasteiger partial charge < -0.3 is 9.64 Å². The second-order valence-electron chi connectivity index (χ2n) is 6.66. The fourth-order valence-electron chi connectivity index (χ4n) is 3.73. The summed E-state index contributed by atoms with van der Waals surface area (Å²) >= 11 is 1.40. The Hall–Kier alpha value is -1.99. The van der Waals surface area contributed by atoms with Crippen LogP contribution in [0.4, 0.5) is 15.0 Å². The number of amides is 1. The van der Waals surface area contributed by atoms with E-state index in [4.69, 9.17) is 4.74 Å². The molecule has 3 aliphatic heterocycles. The third-order valence-corrected chi connectivity index (χ3v) is 5.99. The molecule has 3 aliphatic rings. The van der Waals surface area contributed by atoms with Gasteiger partial charge in [0.2, 0.25) is 0 Å². The van der Waals surface area contributed by atoms with Crippen molar-refractivity contribution in [3.8, 4) is 10.4 Å². The van der Waals surface area contributed by atoms with E-state index in [0.29, 0.717) is 24.3 Å². The van der Waals surface area contributed by atoms with Gasteiger partial charge in [-0.3, -0.25) is 5.32 Å². The summed E-state index contributed by atoms with van der Waals surface area (Å²) in [5, 5.41) is 2.72. The summed E-state index contributed by atoms with van der Waals surface area (Å²) < 4.78 is 18.5. The van der Waals surface area contributed by atoms with Crippen molar-refractivity contribution in [3.63, 3.8) is 0 Å². The summed E-state index contributed by atoms with van der Waals surface area (Å²) in [7, 11) is 0. The summed E-state index contributed by atoms with van der Waals surface area (Å²) in [5.41, 5.74) is 2.47. The number of piperidine rings is 3. The standard InChI is InChI=1S/C18H20FN3O2S/c19-15-3-1-13(2-4-15)16-17(20-11-25-16)21-18(23)24-10-14-9-22-7-5-12(14)6-8-22/h1-4,11-12,14H,5-10H2,(H,21,23). The average molecular weight is 361 g/mol.